The van der Waals surface area contributed by atoms with Gasteiger partial charge in [0.15, 0.2) is 5.69 Å². The molecule has 0 spiro atoms. The molecule has 0 bridgehead atoms. The lowest BCUT2D eigenvalue weighted by atomic mass is 10.1. The molecule has 0 fully saturated rings. The quantitative estimate of drug-likeness (QED) is 0.683. The number of pyridine rings is 1. The smallest absolute Gasteiger partial charge is 0.418 e. The van der Waals surface area contributed by atoms with Crippen LogP contribution in [0.1, 0.15) is 33.7 Å². The Balaban J connectivity index is 3.56. The van der Waals surface area contributed by atoms with Crippen molar-refractivity contribution in [1.82, 2.24) is 4.98 Å². The number of hydrogen-bond acceptors (Lipinski definition) is 4. The number of alkyl halides is 5. The fraction of sp³-hybridized carbons (Fsp3) is 0.400. The summed E-state index contributed by atoms with van der Waals surface area (Å²) in [7, 11) is 0.902. The fourth-order valence-electron chi connectivity index (χ4n) is 1.39. The van der Waals surface area contributed by atoms with Gasteiger partial charge in [0.2, 0.25) is 0 Å². The van der Waals surface area contributed by atoms with Crippen LogP contribution in [0.25, 0.3) is 0 Å². The Hall–Kier alpha value is -1.77. The maximum absolute atomic E-state index is 12.7. The molecule has 19 heavy (non-hydrogen) atoms. The summed E-state index contributed by atoms with van der Waals surface area (Å²) in [5.41, 5.74) is 0.982. The minimum Gasteiger partial charge on any atom is -0.464 e. The predicted molar refractivity (Wildman–Crippen MR) is 53.4 cm³/mol. The third-order valence-corrected chi connectivity index (χ3v) is 2.24. The van der Waals surface area contributed by atoms with Crippen molar-refractivity contribution in [2.75, 3.05) is 7.11 Å². The van der Waals surface area contributed by atoms with Crippen LogP contribution >= 0.6 is 0 Å². The molecule has 0 saturated carbocycles. The van der Waals surface area contributed by atoms with Gasteiger partial charge in [-0.2, -0.15) is 13.2 Å². The van der Waals surface area contributed by atoms with Crippen LogP contribution in [0, 0.1) is 0 Å². The molecular weight excluding hydrogens is 275 g/mol. The van der Waals surface area contributed by atoms with Gasteiger partial charge in [-0.15, -0.1) is 0 Å². The number of rotatable bonds is 3. The Morgan fingerprint density at radius 3 is 2.42 bits per heavy atom. The number of hydrogen-bond donors (Lipinski definition) is 1. The first-order chi connectivity index (χ1) is 8.72. The summed E-state index contributed by atoms with van der Waals surface area (Å²) >= 11 is 0. The van der Waals surface area contributed by atoms with Gasteiger partial charge in [-0.25, -0.2) is 18.6 Å². The lowest BCUT2D eigenvalue weighted by molar-refractivity contribution is -0.138. The van der Waals surface area contributed by atoms with Crippen molar-refractivity contribution in [3.05, 3.63) is 28.6 Å². The van der Waals surface area contributed by atoms with E-state index in [1.807, 2.05) is 0 Å². The summed E-state index contributed by atoms with van der Waals surface area (Å²) in [4.78, 5) is 14.5. The van der Waals surface area contributed by atoms with E-state index < -0.39 is 47.6 Å². The maximum Gasteiger partial charge on any atom is 0.418 e. The molecule has 0 aliphatic heterocycles. The molecule has 0 saturated heterocycles. The van der Waals surface area contributed by atoms with Gasteiger partial charge in [-0.05, 0) is 6.07 Å². The van der Waals surface area contributed by atoms with Crippen molar-refractivity contribution in [3.8, 4) is 0 Å². The van der Waals surface area contributed by atoms with Gasteiger partial charge in [0.1, 0.15) is 0 Å². The second kappa shape index (κ2) is 5.47. The SMILES string of the molecule is COC(=O)c1nc(CN)c(C(F)(F)F)cc1C(F)F. The van der Waals surface area contributed by atoms with E-state index in [1.54, 1.807) is 0 Å². The molecule has 1 aromatic heterocycles. The van der Waals surface area contributed by atoms with Gasteiger partial charge in [0.25, 0.3) is 6.43 Å². The van der Waals surface area contributed by atoms with E-state index >= 15 is 0 Å². The molecule has 2 N–H and O–H groups in total. The van der Waals surface area contributed by atoms with Crippen LogP contribution in [0.15, 0.2) is 6.07 Å². The summed E-state index contributed by atoms with van der Waals surface area (Å²) in [6.45, 7) is -0.650. The number of nitrogens with zero attached hydrogens (tertiary/aromatic N) is 1. The Bertz CT molecular complexity index is 488. The Kier molecular flexibility index (Phi) is 4.40. The number of halogens is 5. The topological polar surface area (TPSA) is 65.2 Å². The molecule has 0 aliphatic carbocycles. The molecule has 4 nitrogen and oxygen atoms in total. The van der Waals surface area contributed by atoms with Crippen molar-refractivity contribution in [1.29, 1.82) is 0 Å². The summed E-state index contributed by atoms with van der Waals surface area (Å²) < 4.78 is 67.5. The zero-order chi connectivity index (χ0) is 14.8. The molecular formula is C10H9F5N2O2. The van der Waals surface area contributed by atoms with Gasteiger partial charge < -0.3 is 10.5 Å². The van der Waals surface area contributed by atoms with Crippen LogP contribution in [0.3, 0.4) is 0 Å². The standard InChI is InChI=1S/C10H9F5N2O2/c1-19-9(18)7-4(8(11)12)2-5(10(13,14)15)6(3-16)17-7/h2,8H,3,16H2,1H3. The molecule has 1 aromatic rings. The van der Waals surface area contributed by atoms with Crippen LogP contribution in [0.2, 0.25) is 0 Å². The number of methoxy groups -OCH3 is 1. The molecule has 0 unspecified atom stereocenters. The Labute approximate surface area is 104 Å². The van der Waals surface area contributed by atoms with Crippen molar-refractivity contribution >= 4 is 5.97 Å². The van der Waals surface area contributed by atoms with Crippen LogP contribution < -0.4 is 5.73 Å². The lowest BCUT2D eigenvalue weighted by Gasteiger charge is -2.15. The molecule has 106 valence electrons. The number of nitrogens with two attached hydrogens (primary N) is 1. The van der Waals surface area contributed by atoms with E-state index in [-0.39, 0.29) is 6.07 Å². The average molecular weight is 284 g/mol. The third kappa shape index (κ3) is 3.16. The van der Waals surface area contributed by atoms with Gasteiger partial charge >= 0.3 is 12.1 Å². The Morgan fingerprint density at radius 1 is 1.47 bits per heavy atom. The highest BCUT2D eigenvalue weighted by Gasteiger charge is 2.36. The van der Waals surface area contributed by atoms with Gasteiger partial charge in [-0.3, -0.25) is 0 Å². The third-order valence-electron chi connectivity index (χ3n) is 2.24. The monoisotopic (exact) mass is 284 g/mol. The zero-order valence-corrected chi connectivity index (χ0v) is 9.59. The number of ether oxygens (including phenoxy) is 1. The van der Waals surface area contributed by atoms with Crippen molar-refractivity contribution in [3.63, 3.8) is 0 Å². The molecule has 1 heterocycles. The highest BCUT2D eigenvalue weighted by molar-refractivity contribution is 5.89. The zero-order valence-electron chi connectivity index (χ0n) is 9.59. The number of carbonyl (C=O) groups excluding carboxylic acids is 1. The van der Waals surface area contributed by atoms with Crippen molar-refractivity contribution in [2.24, 2.45) is 5.73 Å². The van der Waals surface area contributed by atoms with Gasteiger partial charge in [0.05, 0.1) is 23.9 Å². The molecule has 9 heteroatoms. The first-order valence-corrected chi connectivity index (χ1v) is 4.89. The van der Waals surface area contributed by atoms with Crippen LogP contribution in [-0.4, -0.2) is 18.1 Å². The molecule has 0 atom stereocenters. The first kappa shape index (κ1) is 15.3. The second-order valence-electron chi connectivity index (χ2n) is 3.41. The molecule has 0 radical (unpaired) electrons. The number of carbonyl (C=O) groups is 1. The molecule has 1 rings (SSSR count). The van der Waals surface area contributed by atoms with E-state index in [0.29, 0.717) is 0 Å². The molecule has 0 aromatic carbocycles. The summed E-state index contributed by atoms with van der Waals surface area (Å²) in [6.07, 6.45) is -8.19. The second-order valence-corrected chi connectivity index (χ2v) is 3.41. The van der Waals surface area contributed by atoms with E-state index in [0.717, 1.165) is 7.11 Å². The Morgan fingerprint density at radius 2 is 2.05 bits per heavy atom. The minimum atomic E-state index is -4.89. The average Bonchev–Trinajstić information content (AvgIpc) is 2.34. The summed E-state index contributed by atoms with van der Waals surface area (Å²) in [5, 5.41) is 0. The predicted octanol–water partition coefficient (Wildman–Crippen LogP) is 2.28. The van der Waals surface area contributed by atoms with E-state index in [4.69, 9.17) is 5.73 Å². The summed E-state index contributed by atoms with van der Waals surface area (Å²) in [5.74, 6) is -1.25. The van der Waals surface area contributed by atoms with Gasteiger partial charge in [0, 0.05) is 6.54 Å². The van der Waals surface area contributed by atoms with Crippen LogP contribution in [-0.2, 0) is 17.5 Å². The minimum absolute atomic E-state index is 0.173. The molecule has 0 aliphatic rings. The van der Waals surface area contributed by atoms with Gasteiger partial charge in [-0.1, -0.05) is 0 Å². The van der Waals surface area contributed by atoms with Crippen molar-refractivity contribution < 1.29 is 31.5 Å². The normalized spacial score (nSPS) is 11.8. The van der Waals surface area contributed by atoms with E-state index in [9.17, 15) is 26.7 Å². The number of esters is 1. The lowest BCUT2D eigenvalue weighted by Crippen LogP contribution is -2.19. The summed E-state index contributed by atoms with van der Waals surface area (Å²) in [6, 6.07) is 0.173. The highest BCUT2D eigenvalue weighted by Crippen LogP contribution is 2.35. The highest BCUT2D eigenvalue weighted by atomic mass is 19.4. The van der Waals surface area contributed by atoms with Crippen LogP contribution in [0.5, 0.6) is 0 Å². The first-order valence-electron chi connectivity index (χ1n) is 4.89. The maximum atomic E-state index is 12.7. The van der Waals surface area contributed by atoms with Crippen LogP contribution in [0.4, 0.5) is 22.0 Å². The van der Waals surface area contributed by atoms with E-state index in [1.165, 1.54) is 0 Å². The van der Waals surface area contributed by atoms with Crippen molar-refractivity contribution in [2.45, 2.75) is 19.1 Å². The largest absolute Gasteiger partial charge is 0.464 e. The van der Waals surface area contributed by atoms with E-state index in [2.05, 4.69) is 9.72 Å². The molecule has 0 amide bonds. The number of aromatic nitrogens is 1. The fourth-order valence-corrected chi connectivity index (χ4v) is 1.39.